The molecule has 1 amide bonds. The number of aromatic nitrogens is 3. The predicted octanol–water partition coefficient (Wildman–Crippen LogP) is -0.694. The fraction of sp³-hybridized carbons (Fsp3) is 0.500. The van der Waals surface area contributed by atoms with Crippen LogP contribution in [0.15, 0.2) is 11.4 Å². The first-order valence-electron chi connectivity index (χ1n) is 4.70. The monoisotopic (exact) mass is 226 g/mol. The van der Waals surface area contributed by atoms with Gasteiger partial charge < -0.3 is 16.3 Å². The molecule has 0 aromatic carbocycles. The van der Waals surface area contributed by atoms with Gasteiger partial charge in [0.25, 0.3) is 5.91 Å². The third-order valence-electron chi connectivity index (χ3n) is 2.04. The maximum atomic E-state index is 11.6. The van der Waals surface area contributed by atoms with Crippen molar-refractivity contribution in [3.05, 3.63) is 11.9 Å². The lowest BCUT2D eigenvalue weighted by atomic mass is 10.0. The predicted molar refractivity (Wildman–Crippen MR) is 55.9 cm³/mol. The van der Waals surface area contributed by atoms with Crippen molar-refractivity contribution in [2.24, 2.45) is 16.8 Å². The van der Waals surface area contributed by atoms with Gasteiger partial charge in [-0.25, -0.2) is 0 Å². The quantitative estimate of drug-likeness (QED) is 0.233. The van der Waals surface area contributed by atoms with Crippen molar-refractivity contribution in [3.8, 4) is 0 Å². The molecular formula is C8H14N6O2. The van der Waals surface area contributed by atoms with E-state index in [4.69, 9.17) is 10.9 Å². The summed E-state index contributed by atoms with van der Waals surface area (Å²) in [6.45, 7) is 3.68. The van der Waals surface area contributed by atoms with Crippen molar-refractivity contribution in [1.82, 2.24) is 20.7 Å². The number of hydrogen-bond donors (Lipinski definition) is 4. The molecule has 5 N–H and O–H groups in total. The molecule has 0 saturated carbocycles. The highest BCUT2D eigenvalue weighted by Crippen LogP contribution is 2.03. The van der Waals surface area contributed by atoms with E-state index in [1.807, 2.05) is 13.8 Å². The fourth-order valence-corrected chi connectivity index (χ4v) is 1.17. The number of H-pyrrole nitrogens is 1. The van der Waals surface area contributed by atoms with Crippen molar-refractivity contribution in [3.63, 3.8) is 0 Å². The zero-order valence-electron chi connectivity index (χ0n) is 9.01. The second-order valence-electron chi connectivity index (χ2n) is 3.58. The lowest BCUT2D eigenvalue weighted by Crippen LogP contribution is -2.47. The average molecular weight is 226 g/mol. The van der Waals surface area contributed by atoms with Gasteiger partial charge in [-0.1, -0.05) is 19.0 Å². The molecule has 1 atom stereocenters. The molecule has 1 unspecified atom stereocenters. The zero-order chi connectivity index (χ0) is 12.1. The number of rotatable bonds is 4. The van der Waals surface area contributed by atoms with Gasteiger partial charge in [-0.2, -0.15) is 15.4 Å². The van der Waals surface area contributed by atoms with Gasteiger partial charge in [-0.3, -0.25) is 4.79 Å². The van der Waals surface area contributed by atoms with Crippen LogP contribution in [0.5, 0.6) is 0 Å². The molecule has 1 aromatic rings. The van der Waals surface area contributed by atoms with Gasteiger partial charge in [0.05, 0.1) is 12.2 Å². The van der Waals surface area contributed by atoms with E-state index in [0.29, 0.717) is 0 Å². The SMILES string of the molecule is CC(C)C(NC(=O)c1cn[nH]n1)C(N)=NO. The number of nitrogens with two attached hydrogens (primary N) is 1. The van der Waals surface area contributed by atoms with Crippen LogP contribution >= 0.6 is 0 Å². The second-order valence-corrected chi connectivity index (χ2v) is 3.58. The summed E-state index contributed by atoms with van der Waals surface area (Å²) in [4.78, 5) is 11.6. The first-order chi connectivity index (χ1) is 7.56. The Labute approximate surface area is 91.9 Å². The molecule has 0 aliphatic carbocycles. The Balaban J connectivity index is 2.73. The standard InChI is InChI=1S/C8H14N6O2/c1-4(2)6(7(9)13-16)11-8(15)5-3-10-14-12-5/h3-4,6,16H,1-2H3,(H2,9,13)(H,11,15)(H,10,12,14). The molecular weight excluding hydrogens is 212 g/mol. The summed E-state index contributed by atoms with van der Waals surface area (Å²) in [6.07, 6.45) is 1.29. The molecule has 0 aliphatic rings. The van der Waals surface area contributed by atoms with E-state index in [9.17, 15) is 4.79 Å². The van der Waals surface area contributed by atoms with Crippen molar-refractivity contribution in [1.29, 1.82) is 0 Å². The minimum absolute atomic E-state index is 0.00764. The lowest BCUT2D eigenvalue weighted by Gasteiger charge is -2.19. The molecule has 8 nitrogen and oxygen atoms in total. The molecule has 16 heavy (non-hydrogen) atoms. The molecule has 1 heterocycles. The Morgan fingerprint density at radius 1 is 1.69 bits per heavy atom. The molecule has 8 heteroatoms. The van der Waals surface area contributed by atoms with Crippen LogP contribution in [0.3, 0.4) is 0 Å². The number of nitrogens with one attached hydrogen (secondary N) is 2. The molecule has 88 valence electrons. The highest BCUT2D eigenvalue weighted by atomic mass is 16.4. The lowest BCUT2D eigenvalue weighted by molar-refractivity contribution is 0.0933. The molecule has 0 saturated heterocycles. The van der Waals surface area contributed by atoms with Crippen LogP contribution in [0.1, 0.15) is 24.3 Å². The van der Waals surface area contributed by atoms with Crippen LogP contribution < -0.4 is 11.1 Å². The summed E-state index contributed by atoms with van der Waals surface area (Å²) in [5, 5.41) is 23.5. The Morgan fingerprint density at radius 2 is 2.38 bits per heavy atom. The Kier molecular flexibility index (Phi) is 3.81. The fourth-order valence-electron chi connectivity index (χ4n) is 1.17. The minimum Gasteiger partial charge on any atom is -0.409 e. The topological polar surface area (TPSA) is 129 Å². The number of carbonyl (C=O) groups is 1. The van der Waals surface area contributed by atoms with Gasteiger partial charge in [-0.05, 0) is 5.92 Å². The van der Waals surface area contributed by atoms with Gasteiger partial charge in [0.15, 0.2) is 11.5 Å². The molecule has 0 bridgehead atoms. The number of aromatic amines is 1. The van der Waals surface area contributed by atoms with Gasteiger partial charge in [0.1, 0.15) is 0 Å². The highest BCUT2D eigenvalue weighted by molar-refractivity contribution is 5.96. The van der Waals surface area contributed by atoms with Crippen LogP contribution in [0.25, 0.3) is 0 Å². The van der Waals surface area contributed by atoms with E-state index in [-0.39, 0.29) is 17.4 Å². The number of oxime groups is 1. The van der Waals surface area contributed by atoms with Gasteiger partial charge in [-0.15, -0.1) is 0 Å². The highest BCUT2D eigenvalue weighted by Gasteiger charge is 2.22. The van der Waals surface area contributed by atoms with Crippen LogP contribution in [-0.4, -0.2) is 38.4 Å². The van der Waals surface area contributed by atoms with E-state index >= 15 is 0 Å². The normalized spacial score (nSPS) is 13.8. The van der Waals surface area contributed by atoms with Crippen molar-refractivity contribution >= 4 is 11.7 Å². The van der Waals surface area contributed by atoms with E-state index in [1.54, 1.807) is 0 Å². The summed E-state index contributed by atoms with van der Waals surface area (Å²) in [7, 11) is 0. The van der Waals surface area contributed by atoms with E-state index in [2.05, 4.69) is 25.9 Å². The molecule has 1 aromatic heterocycles. The van der Waals surface area contributed by atoms with Crippen LogP contribution in [0, 0.1) is 5.92 Å². The second kappa shape index (κ2) is 5.10. The smallest absolute Gasteiger partial charge is 0.274 e. The van der Waals surface area contributed by atoms with Gasteiger partial charge in [0, 0.05) is 0 Å². The minimum atomic E-state index is -0.547. The number of hydrogen-bond acceptors (Lipinski definition) is 5. The Bertz CT molecular complexity index is 372. The average Bonchev–Trinajstić information content (AvgIpc) is 2.77. The zero-order valence-corrected chi connectivity index (χ0v) is 9.01. The van der Waals surface area contributed by atoms with Crippen molar-refractivity contribution in [2.75, 3.05) is 0 Å². The van der Waals surface area contributed by atoms with E-state index < -0.39 is 11.9 Å². The molecule has 0 radical (unpaired) electrons. The maximum absolute atomic E-state index is 11.6. The van der Waals surface area contributed by atoms with Crippen LogP contribution in [0.2, 0.25) is 0 Å². The molecule has 1 rings (SSSR count). The van der Waals surface area contributed by atoms with Crippen molar-refractivity contribution < 1.29 is 10.0 Å². The first kappa shape index (κ1) is 12.0. The number of amidine groups is 1. The van der Waals surface area contributed by atoms with Crippen molar-refractivity contribution in [2.45, 2.75) is 19.9 Å². The van der Waals surface area contributed by atoms with E-state index in [1.165, 1.54) is 6.20 Å². The number of nitrogens with zero attached hydrogens (tertiary/aromatic N) is 3. The third-order valence-corrected chi connectivity index (χ3v) is 2.04. The molecule has 0 spiro atoms. The van der Waals surface area contributed by atoms with Crippen LogP contribution in [-0.2, 0) is 0 Å². The number of carbonyl (C=O) groups excluding carboxylic acids is 1. The Morgan fingerprint density at radius 3 is 2.81 bits per heavy atom. The summed E-state index contributed by atoms with van der Waals surface area (Å²) in [5.74, 6) is -0.488. The van der Waals surface area contributed by atoms with Crippen LogP contribution in [0.4, 0.5) is 0 Å². The molecule has 0 fully saturated rings. The summed E-state index contributed by atoms with van der Waals surface area (Å²) >= 11 is 0. The summed E-state index contributed by atoms with van der Waals surface area (Å²) in [6, 6.07) is -0.547. The van der Waals surface area contributed by atoms with E-state index in [0.717, 1.165) is 0 Å². The maximum Gasteiger partial charge on any atom is 0.274 e. The van der Waals surface area contributed by atoms with Gasteiger partial charge in [0.2, 0.25) is 0 Å². The summed E-state index contributed by atoms with van der Waals surface area (Å²) < 4.78 is 0. The summed E-state index contributed by atoms with van der Waals surface area (Å²) in [5.41, 5.74) is 5.61. The largest absolute Gasteiger partial charge is 0.409 e. The first-order valence-corrected chi connectivity index (χ1v) is 4.70. The Hall–Kier alpha value is -2.12. The number of amides is 1. The molecule has 0 aliphatic heterocycles. The third kappa shape index (κ3) is 2.69. The van der Waals surface area contributed by atoms with Gasteiger partial charge >= 0.3 is 0 Å².